The normalized spacial score (nSPS) is 10.8. The predicted molar refractivity (Wildman–Crippen MR) is 89.7 cm³/mol. The Kier molecular flexibility index (Phi) is 4.53. The molecule has 0 aliphatic heterocycles. The van der Waals surface area contributed by atoms with E-state index in [0.29, 0.717) is 0 Å². The number of hydrogen-bond acceptors (Lipinski definition) is 4. The van der Waals surface area contributed by atoms with Gasteiger partial charge in [-0.15, -0.1) is 10.2 Å². The Balaban J connectivity index is 1.83. The number of nitrogens with zero attached hydrogens (tertiary/aromatic N) is 4. The topological polar surface area (TPSA) is 43.6 Å². The number of thioether (sulfide) groups is 1. The summed E-state index contributed by atoms with van der Waals surface area (Å²) in [5, 5.41) is 9.65. The second kappa shape index (κ2) is 6.75. The van der Waals surface area contributed by atoms with Gasteiger partial charge in [0.2, 0.25) is 0 Å². The van der Waals surface area contributed by atoms with Crippen molar-refractivity contribution >= 4 is 11.8 Å². The molecule has 4 nitrogen and oxygen atoms in total. The summed E-state index contributed by atoms with van der Waals surface area (Å²) < 4.78 is 2.14. The maximum atomic E-state index is 4.36. The van der Waals surface area contributed by atoms with E-state index in [-0.39, 0.29) is 0 Å². The summed E-state index contributed by atoms with van der Waals surface area (Å²) in [7, 11) is 0. The van der Waals surface area contributed by atoms with Gasteiger partial charge in [0, 0.05) is 30.3 Å². The van der Waals surface area contributed by atoms with Gasteiger partial charge in [0.05, 0.1) is 0 Å². The number of aromatic nitrogens is 4. The van der Waals surface area contributed by atoms with Crippen molar-refractivity contribution in [1.29, 1.82) is 0 Å². The summed E-state index contributed by atoms with van der Waals surface area (Å²) in [5.74, 6) is 1.78. The van der Waals surface area contributed by atoms with Gasteiger partial charge in [0.15, 0.2) is 11.0 Å². The van der Waals surface area contributed by atoms with E-state index in [9.17, 15) is 0 Å². The Morgan fingerprint density at radius 2 is 1.95 bits per heavy atom. The monoisotopic (exact) mass is 310 g/mol. The molecule has 2 heterocycles. The molecule has 0 N–H and O–H groups in total. The van der Waals surface area contributed by atoms with E-state index in [1.165, 1.54) is 11.1 Å². The van der Waals surface area contributed by atoms with Crippen LogP contribution in [0.25, 0.3) is 11.4 Å². The van der Waals surface area contributed by atoms with Crippen LogP contribution in [0.5, 0.6) is 0 Å². The minimum atomic E-state index is 0.841. The lowest BCUT2D eigenvalue weighted by molar-refractivity contribution is 0.687. The summed E-state index contributed by atoms with van der Waals surface area (Å²) in [4.78, 5) is 4.16. The van der Waals surface area contributed by atoms with Crippen LogP contribution in [0.15, 0.2) is 53.9 Å². The quantitative estimate of drug-likeness (QED) is 0.669. The third-order valence-electron chi connectivity index (χ3n) is 3.57. The van der Waals surface area contributed by atoms with Crippen LogP contribution in [-0.2, 0) is 12.3 Å². The Bertz CT molecular complexity index is 752. The second-order valence-electron chi connectivity index (χ2n) is 5.01. The summed E-state index contributed by atoms with van der Waals surface area (Å²) in [5.41, 5.74) is 3.64. The Morgan fingerprint density at radius 3 is 2.68 bits per heavy atom. The number of benzene rings is 1. The van der Waals surface area contributed by atoms with Gasteiger partial charge >= 0.3 is 0 Å². The molecular formula is C17H18N4S. The van der Waals surface area contributed by atoms with E-state index in [4.69, 9.17) is 0 Å². The number of hydrogen-bond donors (Lipinski definition) is 0. The summed E-state index contributed by atoms with van der Waals surface area (Å²) in [6.07, 6.45) is 3.59. The molecule has 112 valence electrons. The fraction of sp³-hybridized carbons (Fsp3) is 0.235. The minimum Gasteiger partial charge on any atom is -0.302 e. The third kappa shape index (κ3) is 3.04. The van der Waals surface area contributed by atoms with Gasteiger partial charge in [-0.05, 0) is 37.1 Å². The largest absolute Gasteiger partial charge is 0.302 e. The molecule has 0 radical (unpaired) electrons. The van der Waals surface area contributed by atoms with E-state index < -0.39 is 0 Å². The molecular weight excluding hydrogens is 292 g/mol. The minimum absolute atomic E-state index is 0.841. The molecule has 0 saturated carbocycles. The van der Waals surface area contributed by atoms with Crippen LogP contribution in [0.1, 0.15) is 18.1 Å². The molecule has 0 spiro atoms. The molecule has 3 aromatic rings. The van der Waals surface area contributed by atoms with Gasteiger partial charge in [-0.25, -0.2) is 0 Å². The van der Waals surface area contributed by atoms with Gasteiger partial charge in [0.1, 0.15) is 0 Å². The zero-order chi connectivity index (χ0) is 15.4. The average Bonchev–Trinajstić information content (AvgIpc) is 2.98. The van der Waals surface area contributed by atoms with Crippen LogP contribution in [-0.4, -0.2) is 19.7 Å². The van der Waals surface area contributed by atoms with Crippen molar-refractivity contribution in [2.75, 3.05) is 0 Å². The van der Waals surface area contributed by atoms with Crippen molar-refractivity contribution < 1.29 is 0 Å². The molecule has 0 amide bonds. The highest BCUT2D eigenvalue weighted by Gasteiger charge is 2.13. The fourth-order valence-electron chi connectivity index (χ4n) is 2.30. The molecule has 2 aromatic heterocycles. The highest BCUT2D eigenvalue weighted by molar-refractivity contribution is 7.98. The van der Waals surface area contributed by atoms with E-state index in [0.717, 1.165) is 28.8 Å². The SMILES string of the molecule is CCn1c(SCc2ccccc2C)nnc1-c1cccnc1. The van der Waals surface area contributed by atoms with Gasteiger partial charge in [-0.1, -0.05) is 36.0 Å². The van der Waals surface area contributed by atoms with Gasteiger partial charge in [-0.2, -0.15) is 0 Å². The Hall–Kier alpha value is -2.14. The van der Waals surface area contributed by atoms with Crippen LogP contribution >= 0.6 is 11.8 Å². The molecule has 5 heteroatoms. The first-order valence-electron chi connectivity index (χ1n) is 7.30. The van der Waals surface area contributed by atoms with Crippen LogP contribution in [0.2, 0.25) is 0 Å². The van der Waals surface area contributed by atoms with Crippen LogP contribution in [0.4, 0.5) is 0 Å². The zero-order valence-corrected chi connectivity index (χ0v) is 13.5. The van der Waals surface area contributed by atoms with Crippen molar-refractivity contribution in [3.63, 3.8) is 0 Å². The number of pyridine rings is 1. The van der Waals surface area contributed by atoms with Crippen molar-refractivity contribution in [3.05, 3.63) is 59.9 Å². The van der Waals surface area contributed by atoms with Crippen molar-refractivity contribution in [2.24, 2.45) is 0 Å². The molecule has 1 aromatic carbocycles. The Labute approximate surface area is 134 Å². The lowest BCUT2D eigenvalue weighted by Gasteiger charge is -2.08. The molecule has 0 bridgehead atoms. The second-order valence-corrected chi connectivity index (χ2v) is 5.95. The van der Waals surface area contributed by atoms with Crippen molar-refractivity contribution in [3.8, 4) is 11.4 Å². The number of rotatable bonds is 5. The van der Waals surface area contributed by atoms with Gasteiger partial charge in [0.25, 0.3) is 0 Å². The maximum Gasteiger partial charge on any atom is 0.191 e. The number of aryl methyl sites for hydroxylation is 1. The van der Waals surface area contributed by atoms with Crippen molar-refractivity contribution in [1.82, 2.24) is 19.7 Å². The standard InChI is InChI=1S/C17H18N4S/c1-3-21-16(14-9-6-10-18-11-14)19-20-17(21)22-12-15-8-5-4-7-13(15)2/h4-11H,3,12H2,1-2H3. The summed E-state index contributed by atoms with van der Waals surface area (Å²) in [6, 6.07) is 12.4. The molecule has 0 aliphatic carbocycles. The highest BCUT2D eigenvalue weighted by atomic mass is 32.2. The smallest absolute Gasteiger partial charge is 0.191 e. The van der Waals surface area contributed by atoms with E-state index in [1.807, 2.05) is 18.3 Å². The molecule has 3 rings (SSSR count). The summed E-state index contributed by atoms with van der Waals surface area (Å²) in [6.45, 7) is 5.09. The molecule has 22 heavy (non-hydrogen) atoms. The zero-order valence-electron chi connectivity index (χ0n) is 12.7. The van der Waals surface area contributed by atoms with E-state index in [2.05, 4.69) is 57.9 Å². The first-order valence-corrected chi connectivity index (χ1v) is 8.29. The van der Waals surface area contributed by atoms with E-state index in [1.54, 1.807) is 18.0 Å². The first-order chi connectivity index (χ1) is 10.8. The lowest BCUT2D eigenvalue weighted by atomic mass is 10.1. The summed E-state index contributed by atoms with van der Waals surface area (Å²) >= 11 is 1.72. The van der Waals surface area contributed by atoms with Crippen LogP contribution in [0.3, 0.4) is 0 Å². The molecule has 0 saturated heterocycles. The lowest BCUT2D eigenvalue weighted by Crippen LogP contribution is -2.00. The maximum absolute atomic E-state index is 4.36. The van der Waals surface area contributed by atoms with Crippen LogP contribution < -0.4 is 0 Å². The van der Waals surface area contributed by atoms with E-state index >= 15 is 0 Å². The molecule has 0 atom stereocenters. The predicted octanol–water partition coefficient (Wildman–Crippen LogP) is 3.96. The van der Waals surface area contributed by atoms with Crippen molar-refractivity contribution in [2.45, 2.75) is 31.3 Å². The molecule has 0 fully saturated rings. The van der Waals surface area contributed by atoms with Gasteiger partial charge in [-0.3, -0.25) is 4.98 Å². The third-order valence-corrected chi connectivity index (χ3v) is 4.59. The highest BCUT2D eigenvalue weighted by Crippen LogP contribution is 2.26. The molecule has 0 unspecified atom stereocenters. The van der Waals surface area contributed by atoms with Crippen LogP contribution in [0, 0.1) is 6.92 Å². The first kappa shape index (κ1) is 14.8. The molecule has 0 aliphatic rings. The Morgan fingerprint density at radius 1 is 1.09 bits per heavy atom. The fourth-order valence-corrected chi connectivity index (χ4v) is 3.38. The average molecular weight is 310 g/mol. The van der Waals surface area contributed by atoms with Gasteiger partial charge < -0.3 is 4.57 Å².